The third kappa shape index (κ3) is 4.43. The van der Waals surface area contributed by atoms with Crippen molar-refractivity contribution in [3.05, 3.63) is 65.2 Å². The number of carboxylic acid groups (broad SMARTS) is 1. The summed E-state index contributed by atoms with van der Waals surface area (Å²) in [6, 6.07) is 15.8. The van der Waals surface area contributed by atoms with Crippen molar-refractivity contribution in [2.45, 2.75) is 26.4 Å². The highest BCUT2D eigenvalue weighted by molar-refractivity contribution is 5.67. The molecule has 2 aromatic carbocycles. The predicted molar refractivity (Wildman–Crippen MR) is 80.0 cm³/mol. The van der Waals surface area contributed by atoms with Gasteiger partial charge in [0.1, 0.15) is 12.4 Å². The van der Waals surface area contributed by atoms with Crippen LogP contribution >= 0.6 is 0 Å². The van der Waals surface area contributed by atoms with Gasteiger partial charge in [0.25, 0.3) is 0 Å². The lowest BCUT2D eigenvalue weighted by molar-refractivity contribution is -0.136. The summed E-state index contributed by atoms with van der Waals surface area (Å²) < 4.78 is 5.71. The van der Waals surface area contributed by atoms with E-state index in [0.717, 1.165) is 16.9 Å². The van der Waals surface area contributed by atoms with E-state index in [2.05, 4.69) is 19.1 Å². The molecule has 0 aliphatic carbocycles. The fourth-order valence-corrected chi connectivity index (χ4v) is 1.97. The van der Waals surface area contributed by atoms with E-state index in [1.165, 1.54) is 5.56 Å². The molecule has 2 rings (SSSR count). The molecule has 0 aliphatic rings. The number of benzene rings is 2. The van der Waals surface area contributed by atoms with Gasteiger partial charge in [-0.15, -0.1) is 0 Å². The van der Waals surface area contributed by atoms with Gasteiger partial charge >= 0.3 is 5.97 Å². The van der Waals surface area contributed by atoms with Crippen LogP contribution in [0.15, 0.2) is 48.5 Å². The van der Waals surface area contributed by atoms with Crippen LogP contribution in [0, 0.1) is 6.92 Å². The monoisotopic (exact) mass is 273 g/mol. The average Bonchev–Trinajstić information content (AvgIpc) is 2.44. The molecule has 0 heterocycles. The minimum absolute atomic E-state index is 0. The Hall–Kier alpha value is -2.29. The predicted octanol–water partition coefficient (Wildman–Crippen LogP) is 3.84. The number of carboxylic acids is 1. The highest BCUT2D eigenvalue weighted by Crippen LogP contribution is 2.15. The number of carbonyl (C=O) groups is 1. The van der Waals surface area contributed by atoms with Gasteiger partial charge < -0.3 is 9.84 Å². The third-order valence-electron chi connectivity index (χ3n) is 3.04. The SMILES string of the molecule is Cc1cccc(COc2ccc(CCC(=O)O)cc2)c1.[2HH]. The Labute approximate surface area is 120 Å². The summed E-state index contributed by atoms with van der Waals surface area (Å²) in [5, 5.41) is 8.64. The largest absolute Gasteiger partial charge is 0.489 e. The number of aryl methyl sites for hydroxylation is 2. The van der Waals surface area contributed by atoms with Gasteiger partial charge in [0.05, 0.1) is 0 Å². The summed E-state index contributed by atoms with van der Waals surface area (Å²) in [7, 11) is 0. The van der Waals surface area contributed by atoms with Crippen LogP contribution in [-0.4, -0.2) is 11.1 Å². The second kappa shape index (κ2) is 6.75. The van der Waals surface area contributed by atoms with E-state index in [1.807, 2.05) is 36.4 Å². The Morgan fingerprint density at radius 1 is 1.15 bits per heavy atom. The van der Waals surface area contributed by atoms with Crippen molar-refractivity contribution in [1.82, 2.24) is 0 Å². The van der Waals surface area contributed by atoms with Crippen LogP contribution in [0.25, 0.3) is 0 Å². The molecule has 0 radical (unpaired) electrons. The molecule has 0 unspecified atom stereocenters. The second-order valence-corrected chi connectivity index (χ2v) is 4.82. The zero-order valence-electron chi connectivity index (χ0n) is 11.5. The van der Waals surface area contributed by atoms with E-state index < -0.39 is 5.97 Å². The number of hydrogen-bond donors (Lipinski definition) is 1. The highest BCUT2D eigenvalue weighted by Gasteiger charge is 2.00. The Morgan fingerprint density at radius 2 is 1.90 bits per heavy atom. The number of ether oxygens (including phenoxy) is 1. The average molecular weight is 273 g/mol. The first-order chi connectivity index (χ1) is 9.63. The summed E-state index contributed by atoms with van der Waals surface area (Å²) in [5.41, 5.74) is 3.37. The van der Waals surface area contributed by atoms with Crippen LogP contribution in [0.4, 0.5) is 0 Å². The van der Waals surface area contributed by atoms with E-state index in [4.69, 9.17) is 9.84 Å². The maximum Gasteiger partial charge on any atom is 0.303 e. The summed E-state index contributed by atoms with van der Waals surface area (Å²) >= 11 is 0. The zero-order valence-corrected chi connectivity index (χ0v) is 11.5. The lowest BCUT2D eigenvalue weighted by Gasteiger charge is -2.07. The fourth-order valence-electron chi connectivity index (χ4n) is 1.97. The molecule has 0 saturated heterocycles. The molecule has 106 valence electrons. The van der Waals surface area contributed by atoms with Gasteiger partial charge in [0, 0.05) is 7.85 Å². The van der Waals surface area contributed by atoms with Crippen LogP contribution in [0.3, 0.4) is 0 Å². The molecule has 3 nitrogen and oxygen atoms in total. The van der Waals surface area contributed by atoms with Crippen LogP contribution in [0.5, 0.6) is 5.75 Å². The Morgan fingerprint density at radius 3 is 2.55 bits per heavy atom. The molecule has 20 heavy (non-hydrogen) atoms. The van der Waals surface area contributed by atoms with Crippen LogP contribution < -0.4 is 4.74 Å². The standard InChI is InChI=1S/C17H18O3.H2/c1-13-3-2-4-15(11-13)12-20-16-8-5-14(6-9-16)7-10-17(18)19;/h2-6,8-9,11H,7,10,12H2,1H3,(H,18,19);1H/i;1+1. The van der Waals surface area contributed by atoms with Crippen molar-refractivity contribution in [2.24, 2.45) is 0 Å². The molecule has 0 aromatic heterocycles. The lowest BCUT2D eigenvalue weighted by atomic mass is 10.1. The van der Waals surface area contributed by atoms with Gasteiger partial charge in [-0.1, -0.05) is 42.0 Å². The molecule has 2 aromatic rings. The Kier molecular flexibility index (Phi) is 4.77. The molecular weight excluding hydrogens is 252 g/mol. The fraction of sp³-hybridized carbons (Fsp3) is 0.235. The van der Waals surface area contributed by atoms with Crippen molar-refractivity contribution in [2.75, 3.05) is 0 Å². The van der Waals surface area contributed by atoms with Gasteiger partial charge in [-0.2, -0.15) is 0 Å². The minimum Gasteiger partial charge on any atom is -0.489 e. The van der Waals surface area contributed by atoms with E-state index in [-0.39, 0.29) is 7.85 Å². The lowest BCUT2D eigenvalue weighted by Crippen LogP contribution is -1.98. The molecule has 0 atom stereocenters. The van der Waals surface area contributed by atoms with Gasteiger partial charge in [0.2, 0.25) is 0 Å². The summed E-state index contributed by atoms with van der Waals surface area (Å²) in [5.74, 6) is 0.0235. The Bertz CT molecular complexity index is 579. The second-order valence-electron chi connectivity index (χ2n) is 4.82. The topological polar surface area (TPSA) is 46.5 Å². The number of aliphatic carboxylic acids is 1. The van der Waals surface area contributed by atoms with Crippen molar-refractivity contribution in [3.63, 3.8) is 0 Å². The van der Waals surface area contributed by atoms with E-state index in [0.29, 0.717) is 13.0 Å². The first-order valence-electron chi connectivity index (χ1n) is 6.62. The van der Waals surface area contributed by atoms with Crippen LogP contribution in [-0.2, 0) is 17.8 Å². The van der Waals surface area contributed by atoms with Gasteiger partial charge in [0.15, 0.2) is 0 Å². The number of rotatable bonds is 6. The van der Waals surface area contributed by atoms with E-state index in [1.54, 1.807) is 0 Å². The van der Waals surface area contributed by atoms with E-state index in [9.17, 15) is 4.79 Å². The molecule has 0 saturated carbocycles. The number of hydrogen-bond acceptors (Lipinski definition) is 2. The molecule has 1 N–H and O–H groups in total. The molecule has 3 heteroatoms. The van der Waals surface area contributed by atoms with Gasteiger partial charge in [-0.05, 0) is 36.6 Å². The first kappa shape index (κ1) is 14.1. The molecule has 0 fully saturated rings. The smallest absolute Gasteiger partial charge is 0.303 e. The third-order valence-corrected chi connectivity index (χ3v) is 3.04. The molecule has 0 aliphatic heterocycles. The van der Waals surface area contributed by atoms with Crippen molar-refractivity contribution in [1.29, 1.82) is 0 Å². The maximum atomic E-state index is 10.5. The molecular formula is C17H20O3. The zero-order chi connectivity index (χ0) is 14.4. The van der Waals surface area contributed by atoms with Crippen LogP contribution in [0.2, 0.25) is 0 Å². The summed E-state index contributed by atoms with van der Waals surface area (Å²) in [4.78, 5) is 10.5. The summed E-state index contributed by atoms with van der Waals surface area (Å²) in [6.45, 7) is 2.59. The minimum atomic E-state index is -0.773. The van der Waals surface area contributed by atoms with E-state index >= 15 is 0 Å². The summed E-state index contributed by atoms with van der Waals surface area (Å²) in [6.07, 6.45) is 0.705. The van der Waals surface area contributed by atoms with Crippen molar-refractivity contribution < 1.29 is 16.1 Å². The molecule has 0 spiro atoms. The Balaban J connectivity index is 0.00000220. The van der Waals surface area contributed by atoms with Crippen LogP contribution in [0.1, 0.15) is 24.5 Å². The maximum absolute atomic E-state index is 10.5. The first-order valence-corrected chi connectivity index (χ1v) is 6.62. The van der Waals surface area contributed by atoms with Gasteiger partial charge in [-0.3, -0.25) is 4.79 Å². The quantitative estimate of drug-likeness (QED) is 0.870. The molecule has 0 amide bonds. The highest BCUT2D eigenvalue weighted by atomic mass is 16.5. The van der Waals surface area contributed by atoms with Gasteiger partial charge in [-0.25, -0.2) is 0 Å². The van der Waals surface area contributed by atoms with Crippen molar-refractivity contribution >= 4 is 5.97 Å². The van der Waals surface area contributed by atoms with Crippen molar-refractivity contribution in [3.8, 4) is 5.75 Å². The normalized spacial score (nSPS) is 10.2. The molecule has 0 bridgehead atoms.